The van der Waals surface area contributed by atoms with Crippen LogP contribution < -0.4 is 20.5 Å². The van der Waals surface area contributed by atoms with E-state index in [2.05, 4.69) is 44.9 Å². The average Bonchev–Trinajstić information content (AvgIpc) is 4.00. The summed E-state index contributed by atoms with van der Waals surface area (Å²) in [6.45, 7) is 14.0. The van der Waals surface area contributed by atoms with Crippen LogP contribution in [0.3, 0.4) is 0 Å². The van der Waals surface area contributed by atoms with Gasteiger partial charge in [-0.05, 0) is 117 Å². The van der Waals surface area contributed by atoms with Gasteiger partial charge in [-0.1, -0.05) is 56.1 Å². The predicted molar refractivity (Wildman–Crippen MR) is 270 cm³/mol. The molecule has 8 aromatic rings. The van der Waals surface area contributed by atoms with Crippen molar-refractivity contribution in [1.29, 1.82) is 0 Å². The molecule has 3 atom stereocenters. The van der Waals surface area contributed by atoms with Gasteiger partial charge < -0.3 is 25.4 Å². The fraction of sp³-hybridized carbons (Fsp3) is 0.222. The number of hydrogen-bond acceptors (Lipinski definition) is 13. The highest BCUT2D eigenvalue weighted by Gasteiger charge is 2.37. The number of piperidine rings is 2. The highest BCUT2D eigenvalue weighted by atomic mass is 16.5. The van der Waals surface area contributed by atoms with Crippen molar-refractivity contribution in [2.45, 2.75) is 37.8 Å². The standard InChI is InChI=1S/C54H52N12O4/c1-4-35(3)60-51-47-49(37-22-26-43(27-23-37)70-41-18-10-7-11-19-41)62-65(53(47)59-34-57-51)38-14-12-28-63(30-38)32-44(45(67)5-2)54(68)64-29-13-15-39(31-64)66-52-46(50(55)56-33-58-52)48(61-66)36-20-24-42(25-21-36)69-40-16-8-6-9-17-40/h4-11,16-27,33-34,38-39,44H,1-3,12-15,28-32H2,(H2,55,56,58)(H,57,59,60)/t38?,39-,44?/m1/s1. The number of ether oxygens (including phenoxy) is 2. The maximum absolute atomic E-state index is 14.7. The van der Waals surface area contributed by atoms with Gasteiger partial charge in [-0.15, -0.1) is 0 Å². The number of aromatic nitrogens is 8. The molecule has 2 aliphatic rings. The van der Waals surface area contributed by atoms with Crippen molar-refractivity contribution in [1.82, 2.24) is 49.3 Å². The number of amides is 1. The van der Waals surface area contributed by atoms with Crippen LogP contribution >= 0.6 is 0 Å². The number of rotatable bonds is 16. The number of fused-ring (bicyclic) bond motifs is 2. The molecular formula is C54H52N12O4. The molecule has 16 heteroatoms. The largest absolute Gasteiger partial charge is 0.457 e. The number of carbonyl (C=O) groups excluding carboxylic acids is 2. The molecular weight excluding hydrogens is 881 g/mol. The predicted octanol–water partition coefficient (Wildman–Crippen LogP) is 9.45. The normalized spacial score (nSPS) is 16.7. The number of ketones is 1. The van der Waals surface area contributed by atoms with E-state index in [1.54, 1.807) is 11.0 Å². The Hall–Kier alpha value is -8.50. The number of carbonyl (C=O) groups is 2. The minimum Gasteiger partial charge on any atom is -0.457 e. The molecule has 16 nitrogen and oxygen atoms in total. The van der Waals surface area contributed by atoms with Gasteiger partial charge in [0.05, 0.1) is 22.9 Å². The molecule has 2 fully saturated rings. The Morgan fingerprint density at radius 1 is 0.671 bits per heavy atom. The molecule has 3 N–H and O–H groups in total. The number of para-hydroxylation sites is 2. The molecule has 0 bridgehead atoms. The van der Waals surface area contributed by atoms with Gasteiger partial charge in [-0.2, -0.15) is 10.2 Å². The van der Waals surface area contributed by atoms with E-state index in [0.717, 1.165) is 47.3 Å². The summed E-state index contributed by atoms with van der Waals surface area (Å²) in [4.78, 5) is 50.8. The quantitative estimate of drug-likeness (QED) is 0.0531. The Labute approximate surface area is 404 Å². The van der Waals surface area contributed by atoms with Gasteiger partial charge >= 0.3 is 0 Å². The second-order valence-corrected chi connectivity index (χ2v) is 17.5. The fourth-order valence-corrected chi connectivity index (χ4v) is 9.45. The van der Waals surface area contributed by atoms with Crippen molar-refractivity contribution in [3.05, 3.63) is 159 Å². The first-order chi connectivity index (χ1) is 34.2. The summed E-state index contributed by atoms with van der Waals surface area (Å²) in [6, 6.07) is 34.2. The van der Waals surface area contributed by atoms with Crippen LogP contribution in [0.2, 0.25) is 0 Å². The Balaban J connectivity index is 0.884. The van der Waals surface area contributed by atoms with Crippen molar-refractivity contribution < 1.29 is 19.1 Å². The molecule has 0 spiro atoms. The summed E-state index contributed by atoms with van der Waals surface area (Å²) < 4.78 is 15.9. The van der Waals surface area contributed by atoms with E-state index >= 15 is 0 Å². The monoisotopic (exact) mass is 932 g/mol. The van der Waals surface area contributed by atoms with Gasteiger partial charge in [-0.25, -0.2) is 29.3 Å². The molecule has 4 aromatic heterocycles. The van der Waals surface area contributed by atoms with E-state index in [1.165, 1.54) is 18.7 Å². The summed E-state index contributed by atoms with van der Waals surface area (Å²) in [5.74, 6) is 2.17. The van der Waals surface area contributed by atoms with Crippen molar-refractivity contribution in [2.24, 2.45) is 5.92 Å². The first-order valence-corrected chi connectivity index (χ1v) is 23.4. The van der Waals surface area contributed by atoms with Gasteiger partial charge in [0, 0.05) is 43.0 Å². The SMILES string of the molecule is C=CC(=C)Nc1ncnc2c1c(-c1ccc(Oc3ccccc3)cc1)nn2C1CCCN(CC(C(=O)C=C)C(=O)N2CCC[C@@H](n3nc(-c4ccc(Oc5ccccc5)cc4)c4c(N)ncnc43)C2)C1. The molecule has 0 saturated carbocycles. The zero-order chi connectivity index (χ0) is 48.1. The smallest absolute Gasteiger partial charge is 0.234 e. The van der Waals surface area contributed by atoms with Crippen LogP contribution in [0, 0.1) is 5.92 Å². The Bertz CT molecular complexity index is 3210. The van der Waals surface area contributed by atoms with Crippen LogP contribution in [0.15, 0.2) is 159 Å². The summed E-state index contributed by atoms with van der Waals surface area (Å²) in [7, 11) is 0. The highest BCUT2D eigenvalue weighted by Crippen LogP contribution is 2.38. The minimum absolute atomic E-state index is 0.130. The number of nitrogens with two attached hydrogens (primary N) is 1. The number of allylic oxidation sites excluding steroid dienone is 2. The van der Waals surface area contributed by atoms with Gasteiger partial charge in [0.2, 0.25) is 5.91 Å². The summed E-state index contributed by atoms with van der Waals surface area (Å²) in [5, 5.41) is 15.0. The van der Waals surface area contributed by atoms with Crippen LogP contribution in [-0.4, -0.2) is 93.7 Å². The van der Waals surface area contributed by atoms with E-state index in [1.807, 2.05) is 119 Å². The maximum atomic E-state index is 14.7. The van der Waals surface area contributed by atoms with Crippen molar-refractivity contribution in [3.8, 4) is 45.5 Å². The number of nitrogen functional groups attached to an aromatic ring is 1. The lowest BCUT2D eigenvalue weighted by Gasteiger charge is -2.37. The summed E-state index contributed by atoms with van der Waals surface area (Å²) in [6.07, 6.45) is 8.91. The van der Waals surface area contributed by atoms with E-state index in [0.29, 0.717) is 89.5 Å². The Morgan fingerprint density at radius 2 is 1.20 bits per heavy atom. The highest BCUT2D eigenvalue weighted by molar-refractivity contribution is 6.07. The van der Waals surface area contributed by atoms with E-state index < -0.39 is 5.92 Å². The first kappa shape index (κ1) is 45.3. The van der Waals surface area contributed by atoms with Gasteiger partial charge in [0.25, 0.3) is 0 Å². The van der Waals surface area contributed by atoms with Gasteiger partial charge in [-0.3, -0.25) is 14.5 Å². The molecule has 2 aliphatic heterocycles. The van der Waals surface area contributed by atoms with Crippen LogP contribution in [0.1, 0.15) is 37.8 Å². The lowest BCUT2D eigenvalue weighted by molar-refractivity contribution is -0.142. The number of likely N-dealkylation sites (tertiary alicyclic amines) is 2. The summed E-state index contributed by atoms with van der Waals surface area (Å²) >= 11 is 0. The molecule has 1 amide bonds. The minimum atomic E-state index is -0.959. The van der Waals surface area contributed by atoms with Crippen LogP contribution in [0.5, 0.6) is 23.0 Å². The second-order valence-electron chi connectivity index (χ2n) is 17.5. The second kappa shape index (κ2) is 20.0. The van der Waals surface area contributed by atoms with E-state index in [-0.39, 0.29) is 30.3 Å². The topological polar surface area (TPSA) is 184 Å². The van der Waals surface area contributed by atoms with E-state index in [4.69, 9.17) is 30.4 Å². The molecule has 0 aliphatic carbocycles. The van der Waals surface area contributed by atoms with Gasteiger partial charge in [0.15, 0.2) is 17.1 Å². The first-order valence-electron chi connectivity index (χ1n) is 23.4. The van der Waals surface area contributed by atoms with E-state index in [9.17, 15) is 9.59 Å². The molecule has 2 unspecified atom stereocenters. The molecule has 0 radical (unpaired) electrons. The third kappa shape index (κ3) is 9.36. The molecule has 352 valence electrons. The fourth-order valence-electron chi connectivity index (χ4n) is 9.45. The molecule has 70 heavy (non-hydrogen) atoms. The number of anilines is 2. The third-order valence-electron chi connectivity index (χ3n) is 12.9. The van der Waals surface area contributed by atoms with Crippen molar-refractivity contribution >= 4 is 45.4 Å². The number of hydrogen-bond donors (Lipinski definition) is 2. The Kier molecular flexibility index (Phi) is 12.9. The summed E-state index contributed by atoms with van der Waals surface area (Å²) in [5.41, 5.74) is 11.3. The van der Waals surface area contributed by atoms with Crippen LogP contribution in [0.25, 0.3) is 44.6 Å². The maximum Gasteiger partial charge on any atom is 0.234 e. The van der Waals surface area contributed by atoms with Crippen molar-refractivity contribution in [2.75, 3.05) is 43.8 Å². The molecule has 4 aromatic carbocycles. The zero-order valence-electron chi connectivity index (χ0n) is 38.6. The number of benzene rings is 4. The Morgan fingerprint density at radius 3 is 1.79 bits per heavy atom. The molecule has 2 saturated heterocycles. The third-order valence-corrected chi connectivity index (χ3v) is 12.9. The molecule has 10 rings (SSSR count). The van der Waals surface area contributed by atoms with Gasteiger partial charge in [0.1, 0.15) is 64.6 Å². The lowest BCUT2D eigenvalue weighted by Crippen LogP contribution is -2.50. The lowest BCUT2D eigenvalue weighted by atomic mass is 9.96. The number of nitrogens with zero attached hydrogens (tertiary/aromatic N) is 10. The van der Waals surface area contributed by atoms with Crippen LogP contribution in [0.4, 0.5) is 11.6 Å². The van der Waals surface area contributed by atoms with Crippen molar-refractivity contribution in [3.63, 3.8) is 0 Å². The van der Waals surface area contributed by atoms with Crippen LogP contribution in [-0.2, 0) is 9.59 Å². The average molecular weight is 933 g/mol. The zero-order valence-corrected chi connectivity index (χ0v) is 38.6. The molecule has 6 heterocycles. The number of nitrogens with one attached hydrogen (secondary N) is 1.